The second-order valence-corrected chi connectivity index (χ2v) is 5.74. The number of benzene rings is 1. The second-order valence-electron chi connectivity index (χ2n) is 5.74. The molecular weight excluding hydrogens is 226 g/mol. The lowest BCUT2D eigenvalue weighted by Crippen LogP contribution is -2.47. The van der Waals surface area contributed by atoms with Crippen LogP contribution >= 0.6 is 0 Å². The van der Waals surface area contributed by atoms with Gasteiger partial charge in [-0.2, -0.15) is 0 Å². The van der Waals surface area contributed by atoms with E-state index in [-0.39, 0.29) is 5.41 Å². The maximum atomic E-state index is 11.5. The van der Waals surface area contributed by atoms with Gasteiger partial charge in [0, 0.05) is 5.56 Å². The minimum Gasteiger partial charge on any atom is -0.480 e. The predicted octanol–water partition coefficient (Wildman–Crippen LogP) is 2.34. The molecule has 0 saturated heterocycles. The second kappa shape index (κ2) is 4.83. The molecule has 0 spiro atoms. The molecular formula is C15H19NO2. The summed E-state index contributed by atoms with van der Waals surface area (Å²) in [5.41, 5.74) is 5.81. The molecule has 0 heterocycles. The van der Waals surface area contributed by atoms with E-state index < -0.39 is 11.5 Å². The standard InChI is InChI=1S/C15H19NO2/c1-5-11-6-8-12(9-7-11)15(16,13(17)18)10-14(2,3)4/h1,6-9H,10,16H2,2-4H3,(H,17,18)/t15-/m1/s1. The van der Waals surface area contributed by atoms with Crippen LogP contribution in [0.3, 0.4) is 0 Å². The van der Waals surface area contributed by atoms with Gasteiger partial charge in [0.25, 0.3) is 0 Å². The maximum Gasteiger partial charge on any atom is 0.328 e. The van der Waals surface area contributed by atoms with Crippen LogP contribution in [0.4, 0.5) is 0 Å². The highest BCUT2D eigenvalue weighted by atomic mass is 16.4. The number of carbonyl (C=O) groups is 1. The highest BCUT2D eigenvalue weighted by molar-refractivity contribution is 5.80. The van der Waals surface area contributed by atoms with Crippen molar-refractivity contribution < 1.29 is 9.90 Å². The molecule has 96 valence electrons. The Morgan fingerprint density at radius 1 is 1.33 bits per heavy atom. The summed E-state index contributed by atoms with van der Waals surface area (Å²) in [5, 5.41) is 9.41. The molecule has 3 N–H and O–H groups in total. The van der Waals surface area contributed by atoms with Gasteiger partial charge >= 0.3 is 5.97 Å². The zero-order chi connectivity index (χ0) is 14.0. The summed E-state index contributed by atoms with van der Waals surface area (Å²) in [6.07, 6.45) is 5.62. The van der Waals surface area contributed by atoms with Crippen LogP contribution in [0, 0.1) is 17.8 Å². The number of rotatable bonds is 3. The Bertz CT molecular complexity index is 477. The normalized spacial score (nSPS) is 14.6. The third kappa shape index (κ3) is 3.12. The smallest absolute Gasteiger partial charge is 0.328 e. The van der Waals surface area contributed by atoms with Gasteiger partial charge in [0.1, 0.15) is 5.54 Å². The molecule has 18 heavy (non-hydrogen) atoms. The number of aliphatic carboxylic acids is 1. The molecule has 0 radical (unpaired) electrons. The van der Waals surface area contributed by atoms with E-state index in [2.05, 4.69) is 5.92 Å². The first kappa shape index (κ1) is 14.3. The fourth-order valence-electron chi connectivity index (χ4n) is 2.00. The van der Waals surface area contributed by atoms with Crippen LogP contribution in [0.2, 0.25) is 0 Å². The van der Waals surface area contributed by atoms with E-state index in [0.717, 1.165) is 0 Å². The highest BCUT2D eigenvalue weighted by Crippen LogP contribution is 2.33. The third-order valence-electron chi connectivity index (χ3n) is 2.76. The van der Waals surface area contributed by atoms with Gasteiger partial charge in [-0.3, -0.25) is 0 Å². The number of nitrogens with two attached hydrogens (primary N) is 1. The number of hydrogen-bond donors (Lipinski definition) is 2. The zero-order valence-electron chi connectivity index (χ0n) is 11.0. The highest BCUT2D eigenvalue weighted by Gasteiger charge is 2.39. The molecule has 1 atom stereocenters. The Kier molecular flexibility index (Phi) is 3.83. The van der Waals surface area contributed by atoms with Gasteiger partial charge < -0.3 is 10.8 Å². The topological polar surface area (TPSA) is 63.3 Å². The van der Waals surface area contributed by atoms with Crippen molar-refractivity contribution in [3.05, 3.63) is 35.4 Å². The van der Waals surface area contributed by atoms with Gasteiger partial charge in [0.15, 0.2) is 0 Å². The number of carboxylic acid groups (broad SMARTS) is 1. The van der Waals surface area contributed by atoms with Gasteiger partial charge in [-0.05, 0) is 29.5 Å². The summed E-state index contributed by atoms with van der Waals surface area (Å²) >= 11 is 0. The SMILES string of the molecule is C#Cc1ccc([C@](N)(CC(C)(C)C)C(=O)O)cc1. The van der Waals surface area contributed by atoms with Crippen molar-refractivity contribution in [3.63, 3.8) is 0 Å². The van der Waals surface area contributed by atoms with Crippen molar-refractivity contribution in [2.24, 2.45) is 11.1 Å². The Morgan fingerprint density at radius 3 is 2.17 bits per heavy atom. The Morgan fingerprint density at radius 2 is 1.83 bits per heavy atom. The molecule has 1 aromatic carbocycles. The minimum absolute atomic E-state index is 0.183. The maximum absolute atomic E-state index is 11.5. The van der Waals surface area contributed by atoms with Crippen LogP contribution < -0.4 is 5.73 Å². The van der Waals surface area contributed by atoms with Crippen molar-refractivity contribution in [1.29, 1.82) is 0 Å². The van der Waals surface area contributed by atoms with Crippen molar-refractivity contribution >= 4 is 5.97 Å². The summed E-state index contributed by atoms with van der Waals surface area (Å²) in [6, 6.07) is 6.80. The first-order valence-electron chi connectivity index (χ1n) is 5.78. The van der Waals surface area contributed by atoms with Gasteiger partial charge in [0.2, 0.25) is 0 Å². The van der Waals surface area contributed by atoms with Crippen LogP contribution in [0.25, 0.3) is 0 Å². The van der Waals surface area contributed by atoms with Crippen molar-refractivity contribution in [2.45, 2.75) is 32.7 Å². The molecule has 0 bridgehead atoms. The summed E-state index contributed by atoms with van der Waals surface area (Å²) in [7, 11) is 0. The molecule has 1 rings (SSSR count). The molecule has 1 aromatic rings. The van der Waals surface area contributed by atoms with Gasteiger partial charge in [-0.15, -0.1) is 6.42 Å². The van der Waals surface area contributed by atoms with Crippen molar-refractivity contribution in [2.75, 3.05) is 0 Å². The largest absolute Gasteiger partial charge is 0.480 e. The molecule has 0 unspecified atom stereocenters. The van der Waals surface area contributed by atoms with Crippen LogP contribution in [0.1, 0.15) is 38.3 Å². The first-order valence-corrected chi connectivity index (χ1v) is 5.78. The van der Waals surface area contributed by atoms with E-state index in [1.807, 2.05) is 20.8 Å². The van der Waals surface area contributed by atoms with E-state index >= 15 is 0 Å². The molecule has 0 amide bonds. The quantitative estimate of drug-likeness (QED) is 0.803. The summed E-state index contributed by atoms with van der Waals surface area (Å²) in [4.78, 5) is 11.5. The molecule has 0 aliphatic carbocycles. The van der Waals surface area contributed by atoms with E-state index in [1.54, 1.807) is 24.3 Å². The summed E-state index contributed by atoms with van der Waals surface area (Å²) in [5.74, 6) is 1.47. The lowest BCUT2D eigenvalue weighted by Gasteiger charge is -2.32. The average molecular weight is 245 g/mol. The minimum atomic E-state index is -1.38. The lowest BCUT2D eigenvalue weighted by molar-refractivity contribution is -0.145. The van der Waals surface area contributed by atoms with E-state index in [1.165, 1.54) is 0 Å². The average Bonchev–Trinajstić information content (AvgIpc) is 2.26. The van der Waals surface area contributed by atoms with Gasteiger partial charge in [0.05, 0.1) is 0 Å². The molecule has 0 aromatic heterocycles. The van der Waals surface area contributed by atoms with E-state index in [0.29, 0.717) is 17.5 Å². The molecule has 0 fully saturated rings. The fourth-order valence-corrected chi connectivity index (χ4v) is 2.00. The van der Waals surface area contributed by atoms with Gasteiger partial charge in [-0.1, -0.05) is 38.8 Å². The Balaban J connectivity index is 3.19. The Labute approximate surface area is 108 Å². The summed E-state index contributed by atoms with van der Waals surface area (Å²) in [6.45, 7) is 5.90. The van der Waals surface area contributed by atoms with Crippen LogP contribution in [-0.4, -0.2) is 11.1 Å². The predicted molar refractivity (Wildman–Crippen MR) is 72.0 cm³/mol. The first-order chi connectivity index (χ1) is 8.19. The molecule has 3 heteroatoms. The van der Waals surface area contributed by atoms with E-state index in [9.17, 15) is 9.90 Å². The van der Waals surface area contributed by atoms with Crippen LogP contribution in [-0.2, 0) is 10.3 Å². The van der Waals surface area contributed by atoms with Crippen molar-refractivity contribution in [1.82, 2.24) is 0 Å². The molecule has 0 aliphatic heterocycles. The lowest BCUT2D eigenvalue weighted by atomic mass is 9.76. The summed E-state index contributed by atoms with van der Waals surface area (Å²) < 4.78 is 0. The number of terminal acetylenes is 1. The number of carboxylic acids is 1. The molecule has 0 aliphatic rings. The zero-order valence-corrected chi connectivity index (χ0v) is 11.0. The van der Waals surface area contributed by atoms with Crippen LogP contribution in [0.5, 0.6) is 0 Å². The van der Waals surface area contributed by atoms with E-state index in [4.69, 9.17) is 12.2 Å². The third-order valence-corrected chi connectivity index (χ3v) is 2.76. The number of hydrogen-bond acceptors (Lipinski definition) is 2. The fraction of sp³-hybridized carbons (Fsp3) is 0.400. The van der Waals surface area contributed by atoms with Crippen LogP contribution in [0.15, 0.2) is 24.3 Å². The van der Waals surface area contributed by atoms with Gasteiger partial charge in [-0.25, -0.2) is 4.79 Å². The van der Waals surface area contributed by atoms with Crippen molar-refractivity contribution in [3.8, 4) is 12.3 Å². The monoisotopic (exact) mass is 245 g/mol. The molecule has 0 saturated carbocycles. The Hall–Kier alpha value is -1.79. The molecule has 3 nitrogen and oxygen atoms in total.